The van der Waals surface area contributed by atoms with Crippen molar-refractivity contribution in [2.45, 2.75) is 18.8 Å². The Balaban J connectivity index is 0.00000160. The number of hydrogen-bond donors (Lipinski definition) is 1. The van der Waals surface area contributed by atoms with Gasteiger partial charge < -0.3 is 10.2 Å². The van der Waals surface area contributed by atoms with E-state index in [1.165, 1.54) is 35.2 Å². The summed E-state index contributed by atoms with van der Waals surface area (Å²) in [6, 6.07) is 16.1. The average Bonchev–Trinajstić information content (AvgIpc) is 2.74. The highest BCUT2D eigenvalue weighted by molar-refractivity contribution is 5.94. The lowest BCUT2D eigenvalue weighted by Crippen LogP contribution is -2.39. The number of halogens is 3. The van der Waals surface area contributed by atoms with Gasteiger partial charge in [0.1, 0.15) is 5.82 Å². The molecule has 2 aromatic carbocycles. The Kier molecular flexibility index (Phi) is 9.03. The summed E-state index contributed by atoms with van der Waals surface area (Å²) in [5.74, 6) is 0.0559. The van der Waals surface area contributed by atoms with Gasteiger partial charge in [-0.15, -0.1) is 24.8 Å². The second-order valence-electron chi connectivity index (χ2n) is 7.34. The van der Waals surface area contributed by atoms with Crippen molar-refractivity contribution in [3.8, 4) is 0 Å². The molecule has 4 rings (SSSR count). The van der Waals surface area contributed by atoms with Crippen LogP contribution in [-0.2, 0) is 0 Å². The van der Waals surface area contributed by atoms with E-state index in [0.29, 0.717) is 18.0 Å². The number of carbonyl (C=O) groups excluding carboxylic acids is 1. The van der Waals surface area contributed by atoms with Crippen molar-refractivity contribution in [3.63, 3.8) is 0 Å². The second kappa shape index (κ2) is 11.3. The van der Waals surface area contributed by atoms with Crippen molar-refractivity contribution in [3.05, 3.63) is 77.7 Å². The zero-order valence-corrected chi connectivity index (χ0v) is 18.2. The van der Waals surface area contributed by atoms with Gasteiger partial charge in [-0.3, -0.25) is 9.78 Å². The fourth-order valence-electron chi connectivity index (χ4n) is 3.83. The minimum absolute atomic E-state index is 0. The molecule has 1 fully saturated rings. The molecule has 0 aliphatic carbocycles. The maximum atomic E-state index is 12.9. The lowest BCUT2D eigenvalue weighted by molar-refractivity contribution is 0.0945. The number of benzene rings is 2. The van der Waals surface area contributed by atoms with Gasteiger partial charge in [0.15, 0.2) is 0 Å². The minimum Gasteiger partial charge on any atom is -0.351 e. The number of amides is 1. The van der Waals surface area contributed by atoms with Crippen LogP contribution in [0.25, 0.3) is 10.9 Å². The third kappa shape index (κ3) is 5.91. The number of likely N-dealkylation sites (tertiary alicyclic amines) is 1. The van der Waals surface area contributed by atoms with Crippen LogP contribution in [0.3, 0.4) is 0 Å². The number of para-hydroxylation sites is 1. The lowest BCUT2D eigenvalue weighted by atomic mass is 9.90. The average molecular weight is 450 g/mol. The van der Waals surface area contributed by atoms with E-state index in [4.69, 9.17) is 0 Å². The van der Waals surface area contributed by atoms with Crippen LogP contribution in [0.2, 0.25) is 0 Å². The van der Waals surface area contributed by atoms with E-state index < -0.39 is 0 Å². The highest BCUT2D eigenvalue weighted by Gasteiger charge is 2.21. The normalized spacial score (nSPS) is 14.6. The first-order valence-corrected chi connectivity index (χ1v) is 9.80. The molecule has 2 heterocycles. The van der Waals surface area contributed by atoms with Gasteiger partial charge in [0, 0.05) is 30.2 Å². The zero-order chi connectivity index (χ0) is 19.3. The first-order valence-electron chi connectivity index (χ1n) is 9.80. The smallest absolute Gasteiger partial charge is 0.251 e. The van der Waals surface area contributed by atoms with Gasteiger partial charge in [0.2, 0.25) is 0 Å². The Hall–Kier alpha value is -2.21. The Morgan fingerprint density at radius 2 is 1.77 bits per heavy atom. The number of hydrogen-bond acceptors (Lipinski definition) is 3. The van der Waals surface area contributed by atoms with Crippen LogP contribution in [-0.4, -0.2) is 42.0 Å². The maximum Gasteiger partial charge on any atom is 0.251 e. The quantitative estimate of drug-likeness (QED) is 0.606. The summed E-state index contributed by atoms with van der Waals surface area (Å²) in [5, 5.41) is 4.12. The third-order valence-corrected chi connectivity index (χ3v) is 5.49. The Morgan fingerprint density at radius 1 is 1.07 bits per heavy atom. The van der Waals surface area contributed by atoms with Crippen LogP contribution in [0.15, 0.2) is 60.8 Å². The van der Waals surface area contributed by atoms with E-state index in [0.717, 1.165) is 38.0 Å². The van der Waals surface area contributed by atoms with Crippen LogP contribution in [0.1, 0.15) is 34.7 Å². The predicted molar refractivity (Wildman–Crippen MR) is 123 cm³/mol. The van der Waals surface area contributed by atoms with E-state index in [-0.39, 0.29) is 36.5 Å². The van der Waals surface area contributed by atoms with Crippen molar-refractivity contribution >= 4 is 41.6 Å². The van der Waals surface area contributed by atoms with Gasteiger partial charge in [0.05, 0.1) is 5.52 Å². The van der Waals surface area contributed by atoms with E-state index in [2.05, 4.69) is 33.4 Å². The summed E-state index contributed by atoms with van der Waals surface area (Å²) in [5.41, 5.74) is 2.85. The number of nitrogens with one attached hydrogen (secondary N) is 1. The number of piperidine rings is 1. The molecule has 0 radical (unpaired) electrons. The van der Waals surface area contributed by atoms with Crippen LogP contribution >= 0.6 is 24.8 Å². The van der Waals surface area contributed by atoms with Gasteiger partial charge in [-0.25, -0.2) is 4.39 Å². The summed E-state index contributed by atoms with van der Waals surface area (Å²) < 4.78 is 12.9. The number of fused-ring (bicyclic) bond motifs is 1. The van der Waals surface area contributed by atoms with Crippen molar-refractivity contribution in [2.75, 3.05) is 26.2 Å². The second-order valence-corrected chi connectivity index (χ2v) is 7.34. The standard InChI is InChI=1S/C23H24FN3O.2ClH/c24-21-7-5-18(6-8-21)23(28)25-11-14-27-12-9-17(10-13-27)20-15-19-3-1-2-4-22(19)26-16-20;;/h1-8,15-17H,9-14H2,(H,25,28);2*1H. The maximum absolute atomic E-state index is 12.9. The molecule has 0 unspecified atom stereocenters. The summed E-state index contributed by atoms with van der Waals surface area (Å²) in [6.07, 6.45) is 4.23. The molecule has 0 bridgehead atoms. The first-order chi connectivity index (χ1) is 13.7. The lowest BCUT2D eigenvalue weighted by Gasteiger charge is -2.32. The van der Waals surface area contributed by atoms with Crippen molar-refractivity contribution in [1.82, 2.24) is 15.2 Å². The largest absolute Gasteiger partial charge is 0.351 e. The molecule has 0 spiro atoms. The fourth-order valence-corrected chi connectivity index (χ4v) is 3.83. The first kappa shape index (κ1) is 24.1. The van der Waals surface area contributed by atoms with Crippen LogP contribution in [0, 0.1) is 5.82 Å². The van der Waals surface area contributed by atoms with Gasteiger partial charge >= 0.3 is 0 Å². The van der Waals surface area contributed by atoms with E-state index in [1.807, 2.05) is 18.3 Å². The van der Waals surface area contributed by atoms with Crippen molar-refractivity contribution < 1.29 is 9.18 Å². The van der Waals surface area contributed by atoms with Crippen LogP contribution in [0.5, 0.6) is 0 Å². The molecule has 7 heteroatoms. The van der Waals surface area contributed by atoms with Gasteiger partial charge in [-0.2, -0.15) is 0 Å². The molecule has 1 aliphatic rings. The fraction of sp³-hybridized carbons (Fsp3) is 0.304. The predicted octanol–water partition coefficient (Wildman–Crippen LogP) is 4.83. The molecule has 1 saturated heterocycles. The number of nitrogens with zero attached hydrogens (tertiary/aromatic N) is 2. The number of carbonyl (C=O) groups is 1. The highest BCUT2D eigenvalue weighted by Crippen LogP contribution is 2.29. The molecule has 160 valence electrons. The topological polar surface area (TPSA) is 45.2 Å². The van der Waals surface area contributed by atoms with Gasteiger partial charge in [0.25, 0.3) is 5.91 Å². The summed E-state index contributed by atoms with van der Waals surface area (Å²) in [4.78, 5) is 19.1. The number of aromatic nitrogens is 1. The van der Waals surface area contributed by atoms with Crippen LogP contribution < -0.4 is 5.32 Å². The monoisotopic (exact) mass is 449 g/mol. The van der Waals surface area contributed by atoms with Gasteiger partial charge in [-0.1, -0.05) is 18.2 Å². The molecule has 1 aliphatic heterocycles. The minimum atomic E-state index is -0.332. The summed E-state index contributed by atoms with van der Waals surface area (Å²) >= 11 is 0. The Bertz CT molecular complexity index is 960. The molecule has 0 saturated carbocycles. The molecule has 1 amide bonds. The van der Waals surface area contributed by atoms with Gasteiger partial charge in [-0.05, 0) is 73.8 Å². The van der Waals surface area contributed by atoms with Crippen molar-refractivity contribution in [2.24, 2.45) is 0 Å². The Labute approximate surface area is 188 Å². The molecule has 0 atom stereocenters. The van der Waals surface area contributed by atoms with E-state index in [9.17, 15) is 9.18 Å². The molecular weight excluding hydrogens is 424 g/mol. The molecular formula is C23H26Cl2FN3O. The highest BCUT2D eigenvalue weighted by atomic mass is 35.5. The summed E-state index contributed by atoms with van der Waals surface area (Å²) in [7, 11) is 0. The van der Waals surface area contributed by atoms with E-state index >= 15 is 0 Å². The number of rotatable bonds is 5. The van der Waals surface area contributed by atoms with Crippen molar-refractivity contribution in [1.29, 1.82) is 0 Å². The SMILES string of the molecule is Cl.Cl.O=C(NCCN1CCC(c2cnc3ccccc3c2)CC1)c1ccc(F)cc1. The molecule has 1 aromatic heterocycles. The molecule has 30 heavy (non-hydrogen) atoms. The zero-order valence-electron chi connectivity index (χ0n) is 16.6. The molecule has 4 nitrogen and oxygen atoms in total. The third-order valence-electron chi connectivity index (χ3n) is 5.49. The summed E-state index contributed by atoms with van der Waals surface area (Å²) in [6.45, 7) is 3.46. The molecule has 1 N–H and O–H groups in total. The Morgan fingerprint density at radius 3 is 2.50 bits per heavy atom. The number of pyridine rings is 1. The molecule has 3 aromatic rings. The van der Waals surface area contributed by atoms with E-state index in [1.54, 1.807) is 0 Å². The van der Waals surface area contributed by atoms with Crippen LogP contribution in [0.4, 0.5) is 4.39 Å².